The van der Waals surface area contributed by atoms with Gasteiger partial charge in [0.2, 0.25) is 0 Å². The zero-order valence-corrected chi connectivity index (χ0v) is 20.5. The van der Waals surface area contributed by atoms with Crippen molar-refractivity contribution in [1.82, 2.24) is 9.91 Å². The Bertz CT molecular complexity index is 1260. The number of hydrogen-bond donors (Lipinski definition) is 0. The number of nitrogens with zero attached hydrogens (tertiary/aromatic N) is 3. The van der Waals surface area contributed by atoms with Crippen LogP contribution in [0.4, 0.5) is 0 Å². The Morgan fingerprint density at radius 2 is 1.71 bits per heavy atom. The number of carbonyl (C=O) groups is 2. The van der Waals surface area contributed by atoms with Crippen LogP contribution >= 0.6 is 11.6 Å². The van der Waals surface area contributed by atoms with Crippen LogP contribution in [0, 0.1) is 0 Å². The van der Waals surface area contributed by atoms with Gasteiger partial charge in [0.1, 0.15) is 18.0 Å². The first kappa shape index (κ1) is 24.3. The molecule has 8 heteroatoms. The number of rotatable bonds is 7. The summed E-state index contributed by atoms with van der Waals surface area (Å²) >= 11 is 6.49. The van der Waals surface area contributed by atoms with Gasteiger partial charge in [-0.1, -0.05) is 41.9 Å². The number of ether oxygens (including phenoxy) is 2. The second kappa shape index (κ2) is 10.6. The van der Waals surface area contributed by atoms with Gasteiger partial charge in [-0.3, -0.25) is 9.59 Å². The van der Waals surface area contributed by atoms with Crippen LogP contribution in [0.3, 0.4) is 0 Å². The molecule has 0 unspecified atom stereocenters. The normalized spacial score (nSPS) is 14.9. The van der Waals surface area contributed by atoms with Crippen LogP contribution in [0.1, 0.15) is 33.9 Å². The Labute approximate surface area is 209 Å². The number of hydrogen-bond acceptors (Lipinski definition) is 5. The Morgan fingerprint density at radius 3 is 2.40 bits per heavy atom. The monoisotopic (exact) mass is 491 g/mol. The summed E-state index contributed by atoms with van der Waals surface area (Å²) < 4.78 is 10.5. The molecule has 0 spiro atoms. The van der Waals surface area contributed by atoms with Crippen molar-refractivity contribution < 1.29 is 19.1 Å². The van der Waals surface area contributed by atoms with Crippen LogP contribution in [0.5, 0.6) is 11.5 Å². The Morgan fingerprint density at radius 1 is 1.00 bits per heavy atom. The maximum atomic E-state index is 13.4. The standard InChI is InChI=1S/C27H26ClN3O4/c1-30(27(33)18-11-13-20(34-2)14-12-18)17-26(32)31-25(22-9-4-5-10-23(22)28)16-24(29-31)19-7-6-8-21(15-19)35-3/h4-15,25H,16-17H2,1-3H3/t25-/m1/s1. The Hall–Kier alpha value is -3.84. The third-order valence-electron chi connectivity index (χ3n) is 5.89. The van der Waals surface area contributed by atoms with E-state index in [0.717, 1.165) is 16.8 Å². The van der Waals surface area contributed by atoms with Crippen molar-refractivity contribution in [3.8, 4) is 11.5 Å². The van der Waals surface area contributed by atoms with E-state index in [9.17, 15) is 9.59 Å². The zero-order chi connectivity index (χ0) is 24.9. The highest BCUT2D eigenvalue weighted by molar-refractivity contribution is 6.31. The van der Waals surface area contributed by atoms with E-state index in [-0.39, 0.29) is 24.4 Å². The molecule has 0 aliphatic carbocycles. The molecule has 2 amide bonds. The van der Waals surface area contributed by atoms with E-state index in [4.69, 9.17) is 21.1 Å². The Balaban J connectivity index is 1.59. The fraction of sp³-hybridized carbons (Fsp3) is 0.222. The summed E-state index contributed by atoms with van der Waals surface area (Å²) in [5.41, 5.74) is 2.87. The van der Waals surface area contributed by atoms with Crippen molar-refractivity contribution in [2.75, 3.05) is 27.8 Å². The maximum absolute atomic E-state index is 13.4. The third-order valence-corrected chi connectivity index (χ3v) is 6.23. The summed E-state index contributed by atoms with van der Waals surface area (Å²) in [5, 5.41) is 6.67. The fourth-order valence-electron chi connectivity index (χ4n) is 4.01. The van der Waals surface area contributed by atoms with Gasteiger partial charge in [-0.2, -0.15) is 5.10 Å². The van der Waals surface area contributed by atoms with Crippen LogP contribution in [-0.2, 0) is 4.79 Å². The van der Waals surface area contributed by atoms with Gasteiger partial charge in [0.15, 0.2) is 0 Å². The third kappa shape index (κ3) is 5.30. The molecule has 1 atom stereocenters. The van der Waals surface area contributed by atoms with Gasteiger partial charge >= 0.3 is 0 Å². The number of hydrazone groups is 1. The summed E-state index contributed by atoms with van der Waals surface area (Å²) in [4.78, 5) is 27.7. The highest BCUT2D eigenvalue weighted by Crippen LogP contribution is 2.36. The molecule has 0 radical (unpaired) electrons. The number of benzene rings is 3. The SMILES string of the molecule is COc1ccc(C(=O)N(C)CC(=O)N2N=C(c3cccc(OC)c3)C[C@@H]2c2ccccc2Cl)cc1. The lowest BCUT2D eigenvalue weighted by Crippen LogP contribution is -2.39. The molecule has 180 valence electrons. The van der Waals surface area contributed by atoms with Crippen molar-refractivity contribution in [3.05, 3.63) is 94.5 Å². The van der Waals surface area contributed by atoms with E-state index in [0.29, 0.717) is 28.5 Å². The smallest absolute Gasteiger partial charge is 0.262 e. The largest absolute Gasteiger partial charge is 0.497 e. The molecule has 4 rings (SSSR count). The van der Waals surface area contributed by atoms with Gasteiger partial charge in [0.25, 0.3) is 11.8 Å². The van der Waals surface area contributed by atoms with Crippen molar-refractivity contribution in [2.24, 2.45) is 5.10 Å². The Kier molecular flexibility index (Phi) is 7.36. The molecule has 7 nitrogen and oxygen atoms in total. The minimum atomic E-state index is -0.387. The zero-order valence-electron chi connectivity index (χ0n) is 19.8. The lowest BCUT2D eigenvalue weighted by atomic mass is 9.98. The van der Waals surface area contributed by atoms with Gasteiger partial charge in [0, 0.05) is 29.6 Å². The molecule has 3 aromatic carbocycles. The number of carbonyl (C=O) groups excluding carboxylic acids is 2. The molecule has 1 heterocycles. The van der Waals surface area contributed by atoms with Crippen LogP contribution in [-0.4, -0.2) is 55.2 Å². The number of likely N-dealkylation sites (N-methyl/N-ethyl adjacent to an activating group) is 1. The van der Waals surface area contributed by atoms with Gasteiger partial charge < -0.3 is 14.4 Å². The summed E-state index contributed by atoms with van der Waals surface area (Å²) in [5.74, 6) is 0.775. The van der Waals surface area contributed by atoms with E-state index >= 15 is 0 Å². The second-order valence-electron chi connectivity index (χ2n) is 8.15. The first-order valence-corrected chi connectivity index (χ1v) is 11.5. The number of amides is 2. The van der Waals surface area contributed by atoms with E-state index < -0.39 is 0 Å². The molecule has 0 aromatic heterocycles. The molecular weight excluding hydrogens is 466 g/mol. The summed E-state index contributed by atoms with van der Waals surface area (Å²) in [6, 6.07) is 21.3. The van der Waals surface area contributed by atoms with Gasteiger partial charge in [-0.25, -0.2) is 5.01 Å². The van der Waals surface area contributed by atoms with E-state index in [1.54, 1.807) is 51.6 Å². The summed E-state index contributed by atoms with van der Waals surface area (Å²) in [7, 11) is 4.76. The average molecular weight is 492 g/mol. The molecule has 1 aliphatic heterocycles. The van der Waals surface area contributed by atoms with E-state index in [1.807, 2.05) is 42.5 Å². The van der Waals surface area contributed by atoms with E-state index in [1.165, 1.54) is 9.91 Å². The molecule has 0 saturated heterocycles. The highest BCUT2D eigenvalue weighted by atomic mass is 35.5. The summed E-state index contributed by atoms with van der Waals surface area (Å²) in [6.45, 7) is -0.138. The first-order chi connectivity index (χ1) is 16.9. The highest BCUT2D eigenvalue weighted by Gasteiger charge is 2.35. The lowest BCUT2D eigenvalue weighted by molar-refractivity contribution is -0.133. The molecule has 1 aliphatic rings. The number of halogens is 1. The topological polar surface area (TPSA) is 71.4 Å². The van der Waals surface area contributed by atoms with Crippen LogP contribution in [0.15, 0.2) is 77.9 Å². The van der Waals surface area contributed by atoms with Crippen LogP contribution in [0.2, 0.25) is 5.02 Å². The van der Waals surface area contributed by atoms with Crippen molar-refractivity contribution in [3.63, 3.8) is 0 Å². The van der Waals surface area contributed by atoms with Crippen molar-refractivity contribution >= 4 is 29.1 Å². The van der Waals surface area contributed by atoms with Gasteiger partial charge in [-0.05, 0) is 48.0 Å². The number of methoxy groups -OCH3 is 2. The van der Waals surface area contributed by atoms with Crippen LogP contribution < -0.4 is 9.47 Å². The molecule has 0 fully saturated rings. The molecule has 35 heavy (non-hydrogen) atoms. The molecular formula is C27H26ClN3O4. The minimum absolute atomic E-state index is 0.138. The van der Waals surface area contributed by atoms with Crippen molar-refractivity contribution in [1.29, 1.82) is 0 Å². The predicted octanol–water partition coefficient (Wildman–Crippen LogP) is 4.81. The molecule has 3 aromatic rings. The second-order valence-corrected chi connectivity index (χ2v) is 8.56. The van der Waals surface area contributed by atoms with Crippen LogP contribution in [0.25, 0.3) is 0 Å². The first-order valence-electron chi connectivity index (χ1n) is 11.1. The fourth-order valence-corrected chi connectivity index (χ4v) is 4.27. The minimum Gasteiger partial charge on any atom is -0.497 e. The quantitative estimate of drug-likeness (QED) is 0.475. The lowest BCUT2D eigenvalue weighted by Gasteiger charge is -2.25. The molecule has 0 bridgehead atoms. The van der Waals surface area contributed by atoms with Gasteiger partial charge in [0.05, 0.1) is 26.0 Å². The molecule has 0 N–H and O–H groups in total. The van der Waals surface area contributed by atoms with Gasteiger partial charge in [-0.15, -0.1) is 0 Å². The predicted molar refractivity (Wildman–Crippen MR) is 135 cm³/mol. The average Bonchev–Trinajstić information content (AvgIpc) is 3.34. The van der Waals surface area contributed by atoms with Crippen molar-refractivity contribution in [2.45, 2.75) is 12.5 Å². The maximum Gasteiger partial charge on any atom is 0.262 e. The summed E-state index contributed by atoms with van der Waals surface area (Å²) in [6.07, 6.45) is 0.485. The molecule has 0 saturated carbocycles. The van der Waals surface area contributed by atoms with E-state index in [2.05, 4.69) is 5.10 Å².